The highest BCUT2D eigenvalue weighted by Gasteiger charge is 1.90. The van der Waals surface area contributed by atoms with Gasteiger partial charge in [0.25, 0.3) is 0 Å². The molecule has 0 saturated heterocycles. The highest BCUT2D eigenvalue weighted by Crippen LogP contribution is 1.90. The van der Waals surface area contributed by atoms with E-state index >= 15 is 0 Å². The molecule has 0 amide bonds. The molecule has 0 saturated carbocycles. The van der Waals surface area contributed by atoms with Crippen molar-refractivity contribution in [2.45, 2.75) is 13.3 Å². The zero-order chi connectivity index (χ0) is 6.53. The summed E-state index contributed by atoms with van der Waals surface area (Å²) in [4.78, 5) is 0. The normalized spacial score (nSPS) is 18.1. The maximum absolute atomic E-state index is 3.09. The van der Waals surface area contributed by atoms with Crippen molar-refractivity contribution in [1.29, 1.82) is 0 Å². The lowest BCUT2D eigenvalue weighted by Gasteiger charge is -2.04. The zero-order valence-corrected chi connectivity index (χ0v) is 5.49. The third kappa shape index (κ3) is 1.90. The summed E-state index contributed by atoms with van der Waals surface area (Å²) in [7, 11) is 0. The second-order valence-corrected chi connectivity index (χ2v) is 1.81. The number of rotatable bonds is 1. The molecule has 1 heterocycles. The van der Waals surface area contributed by atoms with Gasteiger partial charge in [0.1, 0.15) is 0 Å². The van der Waals surface area contributed by atoms with Gasteiger partial charge < -0.3 is 5.43 Å². The number of hydrazine groups is 2. The van der Waals surface area contributed by atoms with Crippen LogP contribution in [0.5, 0.6) is 0 Å². The van der Waals surface area contributed by atoms with Crippen LogP contribution in [0.1, 0.15) is 13.3 Å². The number of hydrogen-bond acceptors (Lipinski definition) is 3. The Morgan fingerprint density at radius 3 is 3.44 bits per heavy atom. The van der Waals surface area contributed by atoms with Crippen molar-refractivity contribution >= 4 is 0 Å². The summed E-state index contributed by atoms with van der Waals surface area (Å²) in [5.74, 6) is 0. The summed E-state index contributed by atoms with van der Waals surface area (Å²) in [5.41, 5.74) is 12.8. The minimum absolute atomic E-state index is 0.816. The van der Waals surface area contributed by atoms with E-state index in [1.54, 1.807) is 0 Å². The summed E-state index contributed by atoms with van der Waals surface area (Å²) in [5, 5.41) is 0. The Bertz CT molecular complexity index is 144. The first-order valence-corrected chi connectivity index (χ1v) is 3.11. The Morgan fingerprint density at radius 1 is 1.78 bits per heavy atom. The fourth-order valence-electron chi connectivity index (χ4n) is 0.622. The summed E-state index contributed by atoms with van der Waals surface area (Å²) in [6.45, 7) is 2.90. The van der Waals surface area contributed by atoms with Crippen LogP contribution in [0.4, 0.5) is 0 Å². The van der Waals surface area contributed by atoms with Gasteiger partial charge in [0.2, 0.25) is 0 Å². The fraction of sp³-hybridized carbons (Fsp3) is 0.500. The topological polar surface area (TPSA) is 36.1 Å². The molecule has 0 spiro atoms. The van der Waals surface area contributed by atoms with E-state index in [-0.39, 0.29) is 0 Å². The van der Waals surface area contributed by atoms with Gasteiger partial charge in [-0.2, -0.15) is 5.53 Å². The Hall–Kier alpha value is -0.760. The van der Waals surface area contributed by atoms with E-state index in [1.165, 1.54) is 0 Å². The predicted octanol–water partition coefficient (Wildman–Crippen LogP) is 0.0478. The highest BCUT2D eigenvalue weighted by atomic mass is 15.6. The van der Waals surface area contributed by atoms with Crippen LogP contribution in [0.25, 0.3) is 0 Å². The molecule has 0 atom stereocenters. The van der Waals surface area contributed by atoms with Crippen LogP contribution in [0.3, 0.4) is 0 Å². The lowest BCUT2D eigenvalue weighted by molar-refractivity contribution is 0.499. The van der Waals surface area contributed by atoms with Crippen molar-refractivity contribution in [3.05, 3.63) is 17.5 Å². The zero-order valence-electron chi connectivity index (χ0n) is 5.49. The van der Waals surface area contributed by atoms with Crippen molar-refractivity contribution in [3.8, 4) is 0 Å². The van der Waals surface area contributed by atoms with E-state index in [9.17, 15) is 0 Å². The standard InChI is InChI=1S/C6H11N3/c1-2-6-4-3-5-7-9-8-6/h3,7-9H,2,5H2,1H3. The van der Waals surface area contributed by atoms with Gasteiger partial charge in [-0.25, -0.2) is 5.43 Å². The molecule has 1 rings (SSSR count). The molecule has 0 aromatic heterocycles. The van der Waals surface area contributed by atoms with Crippen LogP contribution in [0, 0.1) is 0 Å². The first kappa shape index (κ1) is 6.36. The van der Waals surface area contributed by atoms with E-state index in [2.05, 4.69) is 29.0 Å². The van der Waals surface area contributed by atoms with Crippen LogP contribution in [0.15, 0.2) is 17.5 Å². The molecule has 0 aromatic rings. The molecule has 0 unspecified atom stereocenters. The lowest BCUT2D eigenvalue weighted by atomic mass is 10.3. The molecule has 3 N–H and O–H groups in total. The number of nitrogens with one attached hydrogen (secondary N) is 3. The largest absolute Gasteiger partial charge is 0.305 e. The fourth-order valence-corrected chi connectivity index (χ4v) is 0.622. The third-order valence-corrected chi connectivity index (χ3v) is 1.14. The Balaban J connectivity index is 2.54. The average Bonchev–Trinajstić information content (AvgIpc) is 2.13. The smallest absolute Gasteiger partial charge is 0.0687 e. The monoisotopic (exact) mass is 125 g/mol. The van der Waals surface area contributed by atoms with Crippen LogP contribution in [0.2, 0.25) is 0 Å². The van der Waals surface area contributed by atoms with Gasteiger partial charge in [0.15, 0.2) is 0 Å². The highest BCUT2D eigenvalue weighted by molar-refractivity contribution is 4.99. The lowest BCUT2D eigenvalue weighted by Crippen LogP contribution is -2.41. The van der Waals surface area contributed by atoms with Crippen molar-refractivity contribution in [1.82, 2.24) is 16.4 Å². The number of hydrogen-bond donors (Lipinski definition) is 3. The molecule has 3 nitrogen and oxygen atoms in total. The van der Waals surface area contributed by atoms with Crippen molar-refractivity contribution in [2.75, 3.05) is 6.54 Å². The Labute approximate surface area is 54.8 Å². The molecule has 0 fully saturated rings. The van der Waals surface area contributed by atoms with Crippen molar-refractivity contribution < 1.29 is 0 Å². The van der Waals surface area contributed by atoms with Crippen LogP contribution in [-0.4, -0.2) is 6.54 Å². The molecule has 0 aliphatic carbocycles. The quantitative estimate of drug-likeness (QED) is 0.433. The van der Waals surface area contributed by atoms with Gasteiger partial charge in [0, 0.05) is 6.54 Å². The Kier molecular flexibility index (Phi) is 2.33. The summed E-state index contributed by atoms with van der Waals surface area (Å²) >= 11 is 0. The van der Waals surface area contributed by atoms with Crippen molar-refractivity contribution in [2.24, 2.45) is 0 Å². The molecule has 1 aliphatic heterocycles. The maximum Gasteiger partial charge on any atom is 0.0687 e. The molecule has 0 aromatic carbocycles. The summed E-state index contributed by atoms with van der Waals surface area (Å²) < 4.78 is 0. The minimum atomic E-state index is 0.816. The van der Waals surface area contributed by atoms with E-state index < -0.39 is 0 Å². The van der Waals surface area contributed by atoms with Crippen LogP contribution in [-0.2, 0) is 0 Å². The second-order valence-electron chi connectivity index (χ2n) is 1.81. The van der Waals surface area contributed by atoms with E-state index in [0.29, 0.717) is 0 Å². The van der Waals surface area contributed by atoms with Gasteiger partial charge >= 0.3 is 0 Å². The molecular weight excluding hydrogens is 114 g/mol. The van der Waals surface area contributed by atoms with Gasteiger partial charge in [-0.05, 0) is 12.5 Å². The molecule has 3 heteroatoms. The molecular formula is C6H11N3. The van der Waals surface area contributed by atoms with Crippen molar-refractivity contribution in [3.63, 3.8) is 0 Å². The minimum Gasteiger partial charge on any atom is -0.305 e. The summed E-state index contributed by atoms with van der Waals surface area (Å²) in [6, 6.07) is 0. The van der Waals surface area contributed by atoms with E-state index in [0.717, 1.165) is 18.7 Å². The van der Waals surface area contributed by atoms with E-state index in [4.69, 9.17) is 0 Å². The predicted molar refractivity (Wildman–Crippen MR) is 36.2 cm³/mol. The second kappa shape index (κ2) is 3.30. The van der Waals surface area contributed by atoms with Gasteiger partial charge in [0.05, 0.1) is 5.70 Å². The van der Waals surface area contributed by atoms with Crippen LogP contribution >= 0.6 is 0 Å². The first-order chi connectivity index (χ1) is 4.43. The van der Waals surface area contributed by atoms with Gasteiger partial charge in [-0.15, -0.1) is 5.73 Å². The Morgan fingerprint density at radius 2 is 2.67 bits per heavy atom. The molecule has 0 radical (unpaired) electrons. The first-order valence-electron chi connectivity index (χ1n) is 3.11. The SMILES string of the molecule is CCC1=C=CCNNN1. The summed E-state index contributed by atoms with van der Waals surface area (Å²) in [6.07, 6.45) is 2.93. The third-order valence-electron chi connectivity index (χ3n) is 1.14. The van der Waals surface area contributed by atoms with E-state index in [1.807, 2.05) is 6.08 Å². The molecule has 50 valence electrons. The van der Waals surface area contributed by atoms with Gasteiger partial charge in [-0.1, -0.05) is 6.92 Å². The molecule has 9 heavy (non-hydrogen) atoms. The molecule has 0 bridgehead atoms. The van der Waals surface area contributed by atoms with Gasteiger partial charge in [-0.3, -0.25) is 0 Å². The maximum atomic E-state index is 3.09. The average molecular weight is 125 g/mol. The van der Waals surface area contributed by atoms with Crippen LogP contribution < -0.4 is 16.4 Å². The molecule has 1 aliphatic rings.